The fourth-order valence-corrected chi connectivity index (χ4v) is 4.25. The van der Waals surface area contributed by atoms with Gasteiger partial charge in [-0.2, -0.15) is 4.80 Å². The summed E-state index contributed by atoms with van der Waals surface area (Å²) < 4.78 is 16.5. The van der Waals surface area contributed by atoms with Crippen molar-refractivity contribution in [1.82, 2.24) is 25.5 Å². The zero-order valence-corrected chi connectivity index (χ0v) is 23.8. The highest BCUT2D eigenvalue weighted by molar-refractivity contribution is 6.01. The van der Waals surface area contributed by atoms with Gasteiger partial charge in [0.05, 0.1) is 14.2 Å². The van der Waals surface area contributed by atoms with Crippen LogP contribution >= 0.6 is 0 Å². The summed E-state index contributed by atoms with van der Waals surface area (Å²) in [4.78, 5) is 30.6. The molecule has 0 aliphatic rings. The smallest absolute Gasteiger partial charge is 0.251 e. The van der Waals surface area contributed by atoms with E-state index in [4.69, 9.17) is 13.9 Å². The molecule has 0 fully saturated rings. The Balaban J connectivity index is 1.80. The number of hydrogen-bond donors (Lipinski definition) is 1. The third-order valence-corrected chi connectivity index (χ3v) is 5.97. The van der Waals surface area contributed by atoms with E-state index < -0.39 is 17.5 Å². The Labute approximate surface area is 233 Å². The van der Waals surface area contributed by atoms with E-state index >= 15 is 0 Å². The van der Waals surface area contributed by atoms with Crippen LogP contribution in [0.25, 0.3) is 11.6 Å². The largest absolute Gasteiger partial charge is 0.493 e. The van der Waals surface area contributed by atoms with Crippen LogP contribution in [-0.2, 0) is 16.1 Å². The van der Waals surface area contributed by atoms with Gasteiger partial charge in [-0.25, -0.2) is 0 Å². The quantitative estimate of drug-likeness (QED) is 0.330. The second-order valence-corrected chi connectivity index (χ2v) is 10.4. The van der Waals surface area contributed by atoms with E-state index in [0.29, 0.717) is 34.3 Å². The van der Waals surface area contributed by atoms with Crippen molar-refractivity contribution < 1.29 is 23.5 Å². The molecule has 4 aromatic rings. The third-order valence-electron chi connectivity index (χ3n) is 5.97. The number of carbonyl (C=O) groups excluding carboxylic acids is 2. The van der Waals surface area contributed by atoms with Crippen LogP contribution in [-0.4, -0.2) is 51.8 Å². The van der Waals surface area contributed by atoms with Crippen molar-refractivity contribution in [3.05, 3.63) is 71.5 Å². The molecule has 2 aromatic heterocycles. The highest BCUT2D eigenvalue weighted by atomic mass is 16.5. The van der Waals surface area contributed by atoms with Gasteiger partial charge in [0, 0.05) is 11.2 Å². The average Bonchev–Trinajstić information content (AvgIpc) is 3.54. The highest BCUT2D eigenvalue weighted by Gasteiger charge is 2.35. The van der Waals surface area contributed by atoms with Crippen LogP contribution in [0.4, 0.5) is 5.69 Å². The van der Waals surface area contributed by atoms with Gasteiger partial charge in [0.25, 0.3) is 5.91 Å². The summed E-state index contributed by atoms with van der Waals surface area (Å²) in [6.07, 6.45) is 0. The summed E-state index contributed by atoms with van der Waals surface area (Å²) in [6, 6.07) is 15.0. The van der Waals surface area contributed by atoms with Crippen molar-refractivity contribution in [2.45, 2.75) is 52.7 Å². The molecule has 0 radical (unpaired) electrons. The molecule has 11 nitrogen and oxygen atoms in total. The fourth-order valence-electron chi connectivity index (χ4n) is 4.25. The van der Waals surface area contributed by atoms with Crippen LogP contribution in [0, 0.1) is 13.8 Å². The molecule has 4 rings (SSSR count). The number of nitrogens with one attached hydrogen (secondary N) is 1. The van der Waals surface area contributed by atoms with Gasteiger partial charge in [0.2, 0.25) is 11.7 Å². The molecule has 0 bridgehead atoms. The average molecular weight is 547 g/mol. The summed E-state index contributed by atoms with van der Waals surface area (Å²) in [5.74, 6) is 1.55. The lowest BCUT2D eigenvalue weighted by molar-refractivity contribution is -0.128. The minimum atomic E-state index is -1.05. The number of carbonyl (C=O) groups is 2. The SMILES string of the molecule is COc1ccc(C(C(=O)NC(C)(C)C)N(C(=O)Cn2nnc(-c3ccc(C)o3)n2)c2cccc(C)c2)cc1OC. The van der Waals surface area contributed by atoms with Crippen LogP contribution in [0.1, 0.15) is 43.7 Å². The number of aromatic nitrogens is 4. The van der Waals surface area contributed by atoms with Crippen LogP contribution in [0.15, 0.2) is 59.0 Å². The van der Waals surface area contributed by atoms with E-state index in [-0.39, 0.29) is 18.3 Å². The fraction of sp³-hybridized carbons (Fsp3) is 0.345. The number of methoxy groups -OCH3 is 2. The lowest BCUT2D eigenvalue weighted by Crippen LogP contribution is -2.50. The molecular formula is C29H34N6O5. The minimum Gasteiger partial charge on any atom is -0.493 e. The van der Waals surface area contributed by atoms with E-state index in [0.717, 1.165) is 5.56 Å². The van der Waals surface area contributed by atoms with Crippen LogP contribution < -0.4 is 19.7 Å². The Bertz CT molecular complexity index is 1500. The van der Waals surface area contributed by atoms with E-state index in [1.54, 1.807) is 36.4 Å². The zero-order chi connectivity index (χ0) is 29.0. The van der Waals surface area contributed by atoms with Gasteiger partial charge in [-0.15, -0.1) is 10.2 Å². The van der Waals surface area contributed by atoms with Crippen LogP contribution in [0.5, 0.6) is 11.5 Å². The number of ether oxygens (including phenoxy) is 2. The normalized spacial score (nSPS) is 12.1. The topological polar surface area (TPSA) is 125 Å². The molecule has 40 heavy (non-hydrogen) atoms. The molecule has 11 heteroatoms. The Morgan fingerprint density at radius 1 is 1.02 bits per heavy atom. The molecule has 2 amide bonds. The molecule has 2 heterocycles. The number of amides is 2. The zero-order valence-electron chi connectivity index (χ0n) is 23.8. The Morgan fingerprint density at radius 2 is 1.77 bits per heavy atom. The number of aryl methyl sites for hydroxylation is 2. The molecule has 0 saturated heterocycles. The first-order chi connectivity index (χ1) is 19.0. The van der Waals surface area contributed by atoms with Crippen molar-refractivity contribution in [1.29, 1.82) is 0 Å². The summed E-state index contributed by atoms with van der Waals surface area (Å²) >= 11 is 0. The van der Waals surface area contributed by atoms with E-state index in [9.17, 15) is 9.59 Å². The third kappa shape index (κ3) is 6.48. The number of tetrazole rings is 1. The standard InChI is InChI=1S/C29H34N6O5/c1-18-9-8-10-21(15-18)35(25(36)17-34-32-27(31-33-34)23-13-11-19(2)40-23)26(28(37)30-29(3,4)5)20-12-14-22(38-6)24(16-20)39-7/h8-16,26H,17H2,1-7H3,(H,30,37). The van der Waals surface area contributed by atoms with Crippen molar-refractivity contribution in [2.75, 3.05) is 19.1 Å². The van der Waals surface area contributed by atoms with E-state index in [1.165, 1.54) is 23.9 Å². The van der Waals surface area contributed by atoms with Gasteiger partial charge < -0.3 is 19.2 Å². The Morgan fingerprint density at radius 3 is 2.40 bits per heavy atom. The molecular weight excluding hydrogens is 512 g/mol. The molecule has 0 saturated carbocycles. The summed E-state index contributed by atoms with van der Waals surface area (Å²) in [6.45, 7) is 9.11. The number of rotatable bonds is 9. The summed E-state index contributed by atoms with van der Waals surface area (Å²) in [7, 11) is 3.05. The maximum atomic E-state index is 14.1. The van der Waals surface area contributed by atoms with Gasteiger partial charge in [0.1, 0.15) is 18.3 Å². The van der Waals surface area contributed by atoms with Crippen molar-refractivity contribution in [2.24, 2.45) is 0 Å². The minimum absolute atomic E-state index is 0.255. The Hall–Kier alpha value is -4.67. The number of furan rings is 1. The van der Waals surface area contributed by atoms with Gasteiger partial charge in [-0.1, -0.05) is 18.2 Å². The second kappa shape index (κ2) is 11.6. The highest BCUT2D eigenvalue weighted by Crippen LogP contribution is 2.35. The molecule has 2 aromatic carbocycles. The van der Waals surface area contributed by atoms with Crippen molar-refractivity contribution in [3.63, 3.8) is 0 Å². The maximum absolute atomic E-state index is 14.1. The number of nitrogens with zero attached hydrogens (tertiary/aromatic N) is 5. The number of benzene rings is 2. The van der Waals surface area contributed by atoms with Gasteiger partial charge >= 0.3 is 0 Å². The number of anilines is 1. The first kappa shape index (κ1) is 28.3. The maximum Gasteiger partial charge on any atom is 0.251 e. The molecule has 0 spiro atoms. The van der Waals surface area contributed by atoms with Crippen LogP contribution in [0.3, 0.4) is 0 Å². The first-order valence-electron chi connectivity index (χ1n) is 12.8. The van der Waals surface area contributed by atoms with Gasteiger partial charge in [0.15, 0.2) is 17.3 Å². The molecule has 0 aliphatic carbocycles. The van der Waals surface area contributed by atoms with E-state index in [2.05, 4.69) is 20.7 Å². The summed E-state index contributed by atoms with van der Waals surface area (Å²) in [5, 5.41) is 15.4. The first-order valence-corrected chi connectivity index (χ1v) is 12.8. The molecule has 210 valence electrons. The Kier molecular flexibility index (Phi) is 8.22. The monoisotopic (exact) mass is 546 g/mol. The van der Waals surface area contributed by atoms with E-state index in [1.807, 2.05) is 52.8 Å². The predicted molar refractivity (Wildman–Crippen MR) is 149 cm³/mol. The lowest BCUT2D eigenvalue weighted by Gasteiger charge is -2.34. The molecule has 1 atom stereocenters. The molecule has 1 N–H and O–H groups in total. The number of hydrogen-bond acceptors (Lipinski definition) is 8. The second-order valence-electron chi connectivity index (χ2n) is 10.4. The lowest BCUT2D eigenvalue weighted by atomic mass is 10.00. The molecule has 1 unspecified atom stereocenters. The van der Waals surface area contributed by atoms with Crippen molar-refractivity contribution >= 4 is 17.5 Å². The van der Waals surface area contributed by atoms with Gasteiger partial charge in [-0.3, -0.25) is 14.5 Å². The summed E-state index contributed by atoms with van der Waals surface area (Å²) in [5.41, 5.74) is 1.44. The van der Waals surface area contributed by atoms with Crippen molar-refractivity contribution in [3.8, 4) is 23.1 Å². The predicted octanol–water partition coefficient (Wildman–Crippen LogP) is 4.26. The van der Waals surface area contributed by atoms with Crippen LogP contribution in [0.2, 0.25) is 0 Å². The van der Waals surface area contributed by atoms with Gasteiger partial charge in [-0.05, 0) is 87.4 Å². The molecule has 0 aliphatic heterocycles.